The first-order valence-corrected chi connectivity index (χ1v) is 6.83. The van der Waals surface area contributed by atoms with Crippen molar-refractivity contribution < 1.29 is 14.7 Å². The number of rotatable bonds is 4. The molecule has 2 unspecified atom stereocenters. The van der Waals surface area contributed by atoms with E-state index in [-0.39, 0.29) is 12.5 Å². The van der Waals surface area contributed by atoms with Crippen LogP contribution in [0.3, 0.4) is 0 Å². The van der Waals surface area contributed by atoms with Gasteiger partial charge in [0.2, 0.25) is 5.91 Å². The summed E-state index contributed by atoms with van der Waals surface area (Å²) in [5.41, 5.74) is 1.87. The van der Waals surface area contributed by atoms with E-state index in [1.807, 2.05) is 29.2 Å². The third-order valence-corrected chi connectivity index (χ3v) is 3.75. The van der Waals surface area contributed by atoms with Crippen molar-refractivity contribution >= 4 is 17.6 Å². The van der Waals surface area contributed by atoms with E-state index in [1.165, 1.54) is 0 Å². The Hall–Kier alpha value is -2.48. The highest BCUT2D eigenvalue weighted by molar-refractivity contribution is 5.86. The summed E-state index contributed by atoms with van der Waals surface area (Å²) in [6.45, 7) is 2.24. The number of carbonyl (C=O) groups excluding carboxylic acids is 1. The van der Waals surface area contributed by atoms with Gasteiger partial charge in [-0.15, -0.1) is 6.42 Å². The first kappa shape index (κ1) is 14.9. The number of para-hydroxylation sites is 1. The molecule has 1 aromatic carbocycles. The van der Waals surface area contributed by atoms with E-state index in [0.29, 0.717) is 13.0 Å². The van der Waals surface area contributed by atoms with Crippen LogP contribution in [0.2, 0.25) is 0 Å². The number of terminal acetylenes is 1. The molecule has 0 saturated carbocycles. The van der Waals surface area contributed by atoms with Crippen LogP contribution in [0.15, 0.2) is 24.3 Å². The molecule has 5 heteroatoms. The van der Waals surface area contributed by atoms with Gasteiger partial charge in [-0.3, -0.25) is 9.59 Å². The third-order valence-electron chi connectivity index (χ3n) is 3.75. The van der Waals surface area contributed by atoms with Crippen molar-refractivity contribution in [1.29, 1.82) is 0 Å². The molecule has 5 nitrogen and oxygen atoms in total. The van der Waals surface area contributed by atoms with Gasteiger partial charge in [0.1, 0.15) is 6.04 Å². The molecule has 0 aliphatic carbocycles. The molecule has 1 aromatic rings. The van der Waals surface area contributed by atoms with E-state index in [0.717, 1.165) is 11.3 Å². The Bertz CT molecular complexity index is 591. The lowest BCUT2D eigenvalue weighted by molar-refractivity contribution is -0.141. The molecule has 1 aliphatic rings. The maximum atomic E-state index is 12.1. The number of nitrogens with one attached hydrogen (secondary N) is 1. The Morgan fingerprint density at radius 1 is 1.52 bits per heavy atom. The minimum atomic E-state index is -0.842. The van der Waals surface area contributed by atoms with E-state index in [4.69, 9.17) is 6.42 Å². The number of carbonyl (C=O) groups is 2. The molecular weight excluding hydrogens is 268 g/mol. The lowest BCUT2D eigenvalue weighted by Crippen LogP contribution is -2.50. The molecule has 2 N–H and O–H groups in total. The van der Waals surface area contributed by atoms with Gasteiger partial charge in [-0.1, -0.05) is 24.1 Å². The number of carboxylic acid groups (broad SMARTS) is 1. The van der Waals surface area contributed by atoms with Gasteiger partial charge in [0.25, 0.3) is 0 Å². The maximum absolute atomic E-state index is 12.1. The molecule has 0 bridgehead atoms. The summed E-state index contributed by atoms with van der Waals surface area (Å²) in [5, 5.41) is 11.9. The summed E-state index contributed by atoms with van der Waals surface area (Å²) in [4.78, 5) is 25.2. The lowest BCUT2D eigenvalue weighted by Gasteiger charge is -2.37. The molecule has 0 spiro atoms. The van der Waals surface area contributed by atoms with Gasteiger partial charge >= 0.3 is 5.97 Å². The zero-order valence-electron chi connectivity index (χ0n) is 11.9. The van der Waals surface area contributed by atoms with Crippen molar-refractivity contribution in [3.8, 4) is 12.3 Å². The predicted molar refractivity (Wildman–Crippen MR) is 79.9 cm³/mol. The Balaban J connectivity index is 2.27. The molecule has 1 heterocycles. The second-order valence-electron chi connectivity index (χ2n) is 5.12. The highest BCUT2D eigenvalue weighted by atomic mass is 16.4. The maximum Gasteiger partial charge on any atom is 0.308 e. The van der Waals surface area contributed by atoms with Crippen LogP contribution in [0, 0.1) is 18.3 Å². The fraction of sp³-hybridized carbons (Fsp3) is 0.375. The molecule has 0 saturated heterocycles. The Morgan fingerprint density at radius 2 is 2.24 bits per heavy atom. The standard InChI is InChI=1S/C16H18N2O3/c1-3-8-17-15(19)11(2)18-10-13(16(20)21)9-12-6-4-5-7-14(12)18/h1,4-7,11,13H,8-10H2,2H3,(H,17,19)(H,20,21). The summed E-state index contributed by atoms with van der Waals surface area (Å²) < 4.78 is 0. The highest BCUT2D eigenvalue weighted by Gasteiger charge is 2.33. The molecule has 110 valence electrons. The monoisotopic (exact) mass is 286 g/mol. The zero-order valence-corrected chi connectivity index (χ0v) is 11.9. The van der Waals surface area contributed by atoms with Crippen molar-refractivity contribution in [1.82, 2.24) is 5.32 Å². The summed E-state index contributed by atoms with van der Waals surface area (Å²) in [6, 6.07) is 7.12. The average molecular weight is 286 g/mol. The Labute approximate surface area is 124 Å². The van der Waals surface area contributed by atoms with E-state index in [2.05, 4.69) is 11.2 Å². The number of fused-ring (bicyclic) bond motifs is 1. The zero-order chi connectivity index (χ0) is 15.4. The van der Waals surface area contributed by atoms with Crippen LogP contribution >= 0.6 is 0 Å². The van der Waals surface area contributed by atoms with Crippen LogP contribution in [0.1, 0.15) is 12.5 Å². The number of hydrogen-bond acceptors (Lipinski definition) is 3. The molecule has 1 amide bonds. The van der Waals surface area contributed by atoms with Crippen LogP contribution in [-0.4, -0.2) is 36.1 Å². The number of amides is 1. The molecule has 0 aromatic heterocycles. The predicted octanol–water partition coefficient (Wildman–Crippen LogP) is 0.888. The average Bonchev–Trinajstić information content (AvgIpc) is 2.50. The van der Waals surface area contributed by atoms with Gasteiger partial charge in [0.05, 0.1) is 12.5 Å². The molecule has 2 rings (SSSR count). The van der Waals surface area contributed by atoms with Crippen molar-refractivity contribution in [3.05, 3.63) is 29.8 Å². The number of carboxylic acids is 1. The summed E-state index contributed by atoms with van der Waals surface area (Å²) in [7, 11) is 0. The molecule has 21 heavy (non-hydrogen) atoms. The van der Waals surface area contributed by atoms with Crippen LogP contribution in [0.25, 0.3) is 0 Å². The topological polar surface area (TPSA) is 69.6 Å². The van der Waals surface area contributed by atoms with Crippen LogP contribution in [0.5, 0.6) is 0 Å². The fourth-order valence-corrected chi connectivity index (χ4v) is 2.59. The summed E-state index contributed by atoms with van der Waals surface area (Å²) in [6.07, 6.45) is 5.62. The van der Waals surface area contributed by atoms with Gasteiger partial charge in [-0.25, -0.2) is 0 Å². The van der Waals surface area contributed by atoms with Gasteiger partial charge in [-0.05, 0) is 25.0 Å². The van der Waals surface area contributed by atoms with Gasteiger partial charge in [-0.2, -0.15) is 0 Å². The van der Waals surface area contributed by atoms with Crippen molar-refractivity contribution in [3.63, 3.8) is 0 Å². The molecule has 1 aliphatic heterocycles. The van der Waals surface area contributed by atoms with Crippen molar-refractivity contribution in [2.45, 2.75) is 19.4 Å². The minimum absolute atomic E-state index is 0.168. The number of anilines is 1. The second-order valence-corrected chi connectivity index (χ2v) is 5.12. The van der Waals surface area contributed by atoms with Crippen LogP contribution < -0.4 is 10.2 Å². The second kappa shape index (κ2) is 6.31. The van der Waals surface area contributed by atoms with Crippen LogP contribution in [-0.2, 0) is 16.0 Å². The molecule has 0 radical (unpaired) electrons. The number of aliphatic carboxylic acids is 1. The van der Waals surface area contributed by atoms with Gasteiger partial charge in [0, 0.05) is 12.2 Å². The highest BCUT2D eigenvalue weighted by Crippen LogP contribution is 2.31. The first-order valence-electron chi connectivity index (χ1n) is 6.83. The molecular formula is C16H18N2O3. The molecule has 0 fully saturated rings. The normalized spacial score (nSPS) is 18.3. The van der Waals surface area contributed by atoms with E-state index >= 15 is 0 Å². The van der Waals surface area contributed by atoms with Crippen LogP contribution in [0.4, 0.5) is 5.69 Å². The van der Waals surface area contributed by atoms with Gasteiger partial charge < -0.3 is 15.3 Å². The minimum Gasteiger partial charge on any atom is -0.481 e. The SMILES string of the molecule is C#CCNC(=O)C(C)N1CC(C(=O)O)Cc2ccccc21. The lowest BCUT2D eigenvalue weighted by atomic mass is 9.91. The number of nitrogens with zero attached hydrogens (tertiary/aromatic N) is 1. The quantitative estimate of drug-likeness (QED) is 0.807. The Kier molecular flexibility index (Phi) is 4.49. The fourth-order valence-electron chi connectivity index (χ4n) is 2.59. The number of hydrogen-bond donors (Lipinski definition) is 2. The van der Waals surface area contributed by atoms with E-state index in [9.17, 15) is 14.7 Å². The van der Waals surface area contributed by atoms with E-state index in [1.54, 1.807) is 6.92 Å². The van der Waals surface area contributed by atoms with Crippen molar-refractivity contribution in [2.75, 3.05) is 18.0 Å². The summed E-state index contributed by atoms with van der Waals surface area (Å²) in [5.74, 6) is 0.805. The third kappa shape index (κ3) is 3.16. The first-order chi connectivity index (χ1) is 10.0. The van der Waals surface area contributed by atoms with Gasteiger partial charge in [0.15, 0.2) is 0 Å². The largest absolute Gasteiger partial charge is 0.481 e. The molecule has 2 atom stereocenters. The summed E-state index contributed by atoms with van der Waals surface area (Å²) >= 11 is 0. The smallest absolute Gasteiger partial charge is 0.308 e. The van der Waals surface area contributed by atoms with Crippen molar-refractivity contribution in [2.24, 2.45) is 5.92 Å². The Morgan fingerprint density at radius 3 is 2.90 bits per heavy atom. The number of benzene rings is 1. The van der Waals surface area contributed by atoms with E-state index < -0.39 is 17.9 Å².